The zero-order chi connectivity index (χ0) is 12.4. The van der Waals surface area contributed by atoms with Gasteiger partial charge in [0.15, 0.2) is 0 Å². The van der Waals surface area contributed by atoms with Gasteiger partial charge in [0.25, 0.3) is 0 Å². The maximum atomic E-state index is 10.2. The fourth-order valence-electron chi connectivity index (χ4n) is 4.55. The molecule has 2 heteroatoms. The van der Waals surface area contributed by atoms with Crippen LogP contribution in [0.2, 0.25) is 0 Å². The van der Waals surface area contributed by atoms with Crippen LogP contribution in [0, 0.1) is 17.8 Å². The second kappa shape index (κ2) is 5.92. The molecule has 2 aliphatic carbocycles. The van der Waals surface area contributed by atoms with E-state index in [0.717, 1.165) is 43.6 Å². The van der Waals surface area contributed by atoms with Crippen LogP contribution in [0.5, 0.6) is 0 Å². The lowest BCUT2D eigenvalue weighted by molar-refractivity contribution is -0.000180. The highest BCUT2D eigenvalue weighted by Gasteiger charge is 2.39. The summed E-state index contributed by atoms with van der Waals surface area (Å²) in [5, 5.41) is 10.2. The highest BCUT2D eigenvalue weighted by Crippen LogP contribution is 2.50. The molecule has 0 aromatic rings. The Kier molecular flexibility index (Phi) is 4.25. The van der Waals surface area contributed by atoms with Gasteiger partial charge in [0.2, 0.25) is 0 Å². The van der Waals surface area contributed by atoms with Gasteiger partial charge in [-0.1, -0.05) is 6.42 Å². The lowest BCUT2D eigenvalue weighted by atomic mass is 9.84. The van der Waals surface area contributed by atoms with Crippen molar-refractivity contribution in [2.24, 2.45) is 17.8 Å². The molecule has 1 aliphatic heterocycles. The Hall–Kier alpha value is -0.0800. The van der Waals surface area contributed by atoms with Crippen LogP contribution in [0.3, 0.4) is 0 Å². The Morgan fingerprint density at radius 1 is 1.11 bits per heavy atom. The molecule has 3 fully saturated rings. The first kappa shape index (κ1) is 12.9. The van der Waals surface area contributed by atoms with E-state index in [4.69, 9.17) is 4.74 Å². The molecule has 1 N–H and O–H groups in total. The number of rotatable bonds is 5. The van der Waals surface area contributed by atoms with E-state index in [1.54, 1.807) is 0 Å². The molecule has 2 nitrogen and oxygen atoms in total. The van der Waals surface area contributed by atoms with Crippen molar-refractivity contribution in [1.82, 2.24) is 0 Å². The van der Waals surface area contributed by atoms with Gasteiger partial charge in [-0.3, -0.25) is 0 Å². The molecule has 0 spiro atoms. The molecule has 1 heterocycles. The maximum Gasteiger partial charge on any atom is 0.0576 e. The minimum atomic E-state index is -0.0696. The Bertz CT molecular complexity index is 260. The molecule has 3 rings (SSSR count). The number of hydrogen-bond donors (Lipinski definition) is 1. The summed E-state index contributed by atoms with van der Waals surface area (Å²) in [4.78, 5) is 0. The minimum Gasteiger partial charge on any atom is -0.393 e. The van der Waals surface area contributed by atoms with Crippen molar-refractivity contribution in [3.63, 3.8) is 0 Å². The summed E-state index contributed by atoms with van der Waals surface area (Å²) in [6, 6.07) is 0. The number of fused-ring (bicyclic) bond motifs is 2. The van der Waals surface area contributed by atoms with Crippen LogP contribution in [0.15, 0.2) is 0 Å². The van der Waals surface area contributed by atoms with Crippen LogP contribution in [-0.4, -0.2) is 23.9 Å². The zero-order valence-corrected chi connectivity index (χ0v) is 11.5. The van der Waals surface area contributed by atoms with E-state index in [9.17, 15) is 5.11 Å². The monoisotopic (exact) mass is 252 g/mol. The molecule has 5 atom stereocenters. The molecular formula is C16H28O2. The SMILES string of the molecule is OC(CCC1CCCCO1)CC1CC2CCC1C2. The van der Waals surface area contributed by atoms with Crippen LogP contribution in [0.25, 0.3) is 0 Å². The lowest BCUT2D eigenvalue weighted by Gasteiger charge is -2.26. The molecule has 0 amide bonds. The van der Waals surface area contributed by atoms with Crippen LogP contribution >= 0.6 is 0 Å². The first-order valence-corrected chi connectivity index (χ1v) is 8.11. The van der Waals surface area contributed by atoms with Crippen LogP contribution in [-0.2, 0) is 4.74 Å². The van der Waals surface area contributed by atoms with E-state index in [1.807, 2.05) is 0 Å². The molecule has 18 heavy (non-hydrogen) atoms. The highest BCUT2D eigenvalue weighted by atomic mass is 16.5. The first-order chi connectivity index (χ1) is 8.81. The van der Waals surface area contributed by atoms with E-state index < -0.39 is 0 Å². The van der Waals surface area contributed by atoms with Crippen molar-refractivity contribution in [1.29, 1.82) is 0 Å². The molecule has 2 bridgehead atoms. The van der Waals surface area contributed by atoms with Crippen LogP contribution in [0.4, 0.5) is 0 Å². The van der Waals surface area contributed by atoms with E-state index in [0.29, 0.717) is 6.10 Å². The normalized spacial score (nSPS) is 41.2. The third kappa shape index (κ3) is 3.08. The van der Waals surface area contributed by atoms with Crippen molar-refractivity contribution in [3.8, 4) is 0 Å². The highest BCUT2D eigenvalue weighted by molar-refractivity contribution is 4.90. The summed E-state index contributed by atoms with van der Waals surface area (Å²) in [6.45, 7) is 0.938. The third-order valence-corrected chi connectivity index (χ3v) is 5.56. The van der Waals surface area contributed by atoms with E-state index >= 15 is 0 Å². The van der Waals surface area contributed by atoms with Gasteiger partial charge in [-0.25, -0.2) is 0 Å². The van der Waals surface area contributed by atoms with Crippen molar-refractivity contribution in [3.05, 3.63) is 0 Å². The molecule has 0 radical (unpaired) electrons. The molecule has 3 aliphatic rings. The summed E-state index contributed by atoms with van der Waals surface area (Å²) < 4.78 is 5.74. The van der Waals surface area contributed by atoms with Crippen LogP contribution in [0.1, 0.15) is 64.2 Å². The molecule has 104 valence electrons. The Balaban J connectivity index is 1.35. The summed E-state index contributed by atoms with van der Waals surface area (Å²) in [7, 11) is 0. The summed E-state index contributed by atoms with van der Waals surface area (Å²) in [5.74, 6) is 2.80. The number of hydrogen-bond acceptors (Lipinski definition) is 2. The summed E-state index contributed by atoms with van der Waals surface area (Å²) in [6.07, 6.45) is 13.0. The van der Waals surface area contributed by atoms with Gasteiger partial charge in [-0.15, -0.1) is 0 Å². The third-order valence-electron chi connectivity index (χ3n) is 5.56. The molecule has 0 aromatic carbocycles. The number of aliphatic hydroxyl groups is 1. The predicted octanol–water partition coefficient (Wildman–Crippen LogP) is 3.52. The van der Waals surface area contributed by atoms with Crippen molar-refractivity contribution in [2.45, 2.75) is 76.4 Å². The van der Waals surface area contributed by atoms with Gasteiger partial charge in [-0.05, 0) is 75.5 Å². The molecule has 1 saturated heterocycles. The number of ether oxygens (including phenoxy) is 1. The van der Waals surface area contributed by atoms with E-state index in [-0.39, 0.29) is 6.10 Å². The van der Waals surface area contributed by atoms with Crippen molar-refractivity contribution in [2.75, 3.05) is 6.61 Å². The Morgan fingerprint density at radius 2 is 2.06 bits per heavy atom. The van der Waals surface area contributed by atoms with Crippen molar-refractivity contribution < 1.29 is 9.84 Å². The van der Waals surface area contributed by atoms with Gasteiger partial charge in [0.1, 0.15) is 0 Å². The smallest absolute Gasteiger partial charge is 0.0576 e. The zero-order valence-electron chi connectivity index (χ0n) is 11.5. The fraction of sp³-hybridized carbons (Fsp3) is 1.00. The average molecular weight is 252 g/mol. The van der Waals surface area contributed by atoms with Crippen molar-refractivity contribution >= 4 is 0 Å². The number of aliphatic hydroxyl groups excluding tert-OH is 1. The quantitative estimate of drug-likeness (QED) is 0.811. The van der Waals surface area contributed by atoms with E-state index in [2.05, 4.69) is 0 Å². The molecule has 5 unspecified atom stereocenters. The molecular weight excluding hydrogens is 224 g/mol. The molecule has 0 aromatic heterocycles. The first-order valence-electron chi connectivity index (χ1n) is 8.11. The van der Waals surface area contributed by atoms with Gasteiger partial charge in [0.05, 0.1) is 12.2 Å². The van der Waals surface area contributed by atoms with E-state index in [1.165, 1.54) is 44.9 Å². The van der Waals surface area contributed by atoms with Gasteiger partial charge < -0.3 is 9.84 Å². The second-order valence-electron chi connectivity index (χ2n) is 6.89. The largest absolute Gasteiger partial charge is 0.393 e. The topological polar surface area (TPSA) is 29.5 Å². The van der Waals surface area contributed by atoms with Gasteiger partial charge in [-0.2, -0.15) is 0 Å². The second-order valence-corrected chi connectivity index (χ2v) is 6.89. The maximum absolute atomic E-state index is 10.2. The Labute approximate surface area is 111 Å². The molecule has 2 saturated carbocycles. The Morgan fingerprint density at radius 3 is 2.72 bits per heavy atom. The summed E-state index contributed by atoms with van der Waals surface area (Å²) in [5.41, 5.74) is 0. The van der Waals surface area contributed by atoms with Gasteiger partial charge in [0, 0.05) is 6.61 Å². The average Bonchev–Trinajstić information content (AvgIpc) is 3.00. The summed E-state index contributed by atoms with van der Waals surface area (Å²) >= 11 is 0. The standard InChI is InChI=1S/C16H28O2/c17-15(6-7-16-3-1-2-8-18-16)11-14-10-12-4-5-13(14)9-12/h12-17H,1-11H2. The van der Waals surface area contributed by atoms with Gasteiger partial charge >= 0.3 is 0 Å². The fourth-order valence-corrected chi connectivity index (χ4v) is 4.55. The van der Waals surface area contributed by atoms with Crippen LogP contribution < -0.4 is 0 Å². The predicted molar refractivity (Wildman–Crippen MR) is 72.4 cm³/mol. The lowest BCUT2D eigenvalue weighted by Crippen LogP contribution is -2.23. The minimum absolute atomic E-state index is 0.0696.